The van der Waals surface area contributed by atoms with Crippen LogP contribution in [0.5, 0.6) is 0 Å². The minimum Gasteiger partial charge on any atom is -0.326 e. The molecular weight excluding hydrogens is 262 g/mol. The van der Waals surface area contributed by atoms with Crippen molar-refractivity contribution in [2.75, 3.05) is 6.26 Å². The third-order valence-corrected chi connectivity index (χ3v) is 4.15. The second-order valence-corrected chi connectivity index (χ2v) is 7.37. The van der Waals surface area contributed by atoms with Gasteiger partial charge in [-0.15, -0.1) is 0 Å². The van der Waals surface area contributed by atoms with Crippen LogP contribution in [0, 0.1) is 0 Å². The number of hydrogen-bond donors (Lipinski definition) is 1. The Bertz CT molecular complexity index is 730. The molecule has 1 aliphatic carbocycles. The predicted molar refractivity (Wildman–Crippen MR) is 74.4 cm³/mol. The van der Waals surface area contributed by atoms with Gasteiger partial charge in [-0.3, -0.25) is 0 Å². The second kappa shape index (κ2) is 4.31. The fraction of sp³-hybridized carbons (Fsp3) is 0.462. The van der Waals surface area contributed by atoms with Crippen LogP contribution < -0.4 is 5.73 Å². The maximum Gasteiger partial charge on any atom is 0.154 e. The van der Waals surface area contributed by atoms with Gasteiger partial charge in [0.1, 0.15) is 11.6 Å². The van der Waals surface area contributed by atoms with Crippen LogP contribution in [0.1, 0.15) is 30.3 Å². The summed E-state index contributed by atoms with van der Waals surface area (Å²) in [6.45, 7) is 0.466. The maximum atomic E-state index is 11.5. The van der Waals surface area contributed by atoms with Crippen molar-refractivity contribution in [2.45, 2.75) is 31.2 Å². The first-order valence-corrected chi connectivity index (χ1v) is 8.41. The van der Waals surface area contributed by atoms with E-state index in [1.807, 2.05) is 18.2 Å². The van der Waals surface area contributed by atoms with Crippen molar-refractivity contribution in [1.29, 1.82) is 0 Å². The van der Waals surface area contributed by atoms with Crippen molar-refractivity contribution in [3.05, 3.63) is 29.6 Å². The smallest absolute Gasteiger partial charge is 0.154 e. The lowest BCUT2D eigenvalue weighted by Gasteiger charge is -2.06. The molecule has 1 heterocycles. The van der Waals surface area contributed by atoms with E-state index in [1.165, 1.54) is 6.26 Å². The monoisotopic (exact) mass is 279 g/mol. The molecular formula is C13H17N3O2S. The number of nitrogens with zero attached hydrogens (tertiary/aromatic N) is 2. The van der Waals surface area contributed by atoms with E-state index in [4.69, 9.17) is 5.73 Å². The van der Waals surface area contributed by atoms with Crippen molar-refractivity contribution in [3.63, 3.8) is 0 Å². The van der Waals surface area contributed by atoms with Gasteiger partial charge in [0.25, 0.3) is 0 Å². The molecule has 6 heteroatoms. The molecule has 0 spiro atoms. The van der Waals surface area contributed by atoms with Crippen LogP contribution >= 0.6 is 0 Å². The number of aromatic nitrogens is 2. The number of imidazole rings is 1. The van der Waals surface area contributed by atoms with Crippen molar-refractivity contribution < 1.29 is 8.42 Å². The minimum absolute atomic E-state index is 0.00383. The molecule has 2 aromatic rings. The van der Waals surface area contributed by atoms with E-state index in [2.05, 4.69) is 9.55 Å². The summed E-state index contributed by atoms with van der Waals surface area (Å²) < 4.78 is 25.1. The molecule has 0 amide bonds. The molecule has 0 bridgehead atoms. The number of sulfone groups is 1. The summed E-state index contributed by atoms with van der Waals surface area (Å²) in [5.74, 6) is 0.644. The Morgan fingerprint density at radius 2 is 2.16 bits per heavy atom. The van der Waals surface area contributed by atoms with E-state index < -0.39 is 9.84 Å². The highest BCUT2D eigenvalue weighted by atomic mass is 32.2. The number of benzene rings is 1. The van der Waals surface area contributed by atoms with E-state index in [1.54, 1.807) is 0 Å². The number of nitrogens with two attached hydrogens (primary N) is 1. The Kier molecular flexibility index (Phi) is 2.87. The molecule has 0 unspecified atom stereocenters. The van der Waals surface area contributed by atoms with Crippen molar-refractivity contribution in [1.82, 2.24) is 9.55 Å². The fourth-order valence-corrected chi connectivity index (χ4v) is 3.07. The molecule has 0 atom stereocenters. The Hall–Kier alpha value is -1.40. The van der Waals surface area contributed by atoms with Crippen LogP contribution in [-0.2, 0) is 22.1 Å². The quantitative estimate of drug-likeness (QED) is 0.917. The van der Waals surface area contributed by atoms with Gasteiger partial charge in [0.05, 0.1) is 11.0 Å². The topological polar surface area (TPSA) is 78.0 Å². The molecule has 0 aliphatic heterocycles. The molecule has 0 saturated heterocycles. The highest BCUT2D eigenvalue weighted by Gasteiger charge is 2.29. The Labute approximate surface area is 112 Å². The molecule has 3 rings (SSSR count). The zero-order valence-corrected chi connectivity index (χ0v) is 11.7. The molecule has 19 heavy (non-hydrogen) atoms. The first kappa shape index (κ1) is 12.6. The molecule has 1 fully saturated rings. The lowest BCUT2D eigenvalue weighted by Crippen LogP contribution is -2.08. The van der Waals surface area contributed by atoms with Gasteiger partial charge in [-0.25, -0.2) is 13.4 Å². The minimum atomic E-state index is -3.08. The Morgan fingerprint density at radius 1 is 1.42 bits per heavy atom. The summed E-state index contributed by atoms with van der Waals surface area (Å²) in [6.07, 6.45) is 3.44. The summed E-state index contributed by atoms with van der Waals surface area (Å²) in [5.41, 5.74) is 8.50. The van der Waals surface area contributed by atoms with Crippen LogP contribution in [0.2, 0.25) is 0 Å². The number of fused-ring (bicyclic) bond motifs is 1. The first-order valence-electron chi connectivity index (χ1n) is 6.35. The molecule has 102 valence electrons. The third kappa shape index (κ3) is 2.50. The molecule has 1 saturated carbocycles. The summed E-state index contributed by atoms with van der Waals surface area (Å²) in [7, 11) is -3.08. The summed E-state index contributed by atoms with van der Waals surface area (Å²) in [6, 6.07) is 6.33. The van der Waals surface area contributed by atoms with Gasteiger partial charge in [0.15, 0.2) is 9.84 Å². The van der Waals surface area contributed by atoms with E-state index >= 15 is 0 Å². The van der Waals surface area contributed by atoms with Crippen molar-refractivity contribution in [3.8, 4) is 0 Å². The molecule has 1 aromatic heterocycles. The van der Waals surface area contributed by atoms with E-state index in [0.717, 1.165) is 29.4 Å². The molecule has 5 nitrogen and oxygen atoms in total. The van der Waals surface area contributed by atoms with E-state index in [9.17, 15) is 8.42 Å². The molecule has 2 N–H and O–H groups in total. The lowest BCUT2D eigenvalue weighted by atomic mass is 10.2. The van der Waals surface area contributed by atoms with Crippen LogP contribution in [0.4, 0.5) is 0 Å². The summed E-state index contributed by atoms with van der Waals surface area (Å²) in [4.78, 5) is 4.50. The zero-order valence-electron chi connectivity index (χ0n) is 10.8. The summed E-state index contributed by atoms with van der Waals surface area (Å²) >= 11 is 0. The van der Waals surface area contributed by atoms with Gasteiger partial charge in [-0.05, 0) is 30.5 Å². The van der Waals surface area contributed by atoms with Gasteiger partial charge in [-0.2, -0.15) is 0 Å². The van der Waals surface area contributed by atoms with Gasteiger partial charge in [0, 0.05) is 18.8 Å². The Balaban J connectivity index is 2.17. The van der Waals surface area contributed by atoms with Crippen LogP contribution in [-0.4, -0.2) is 24.2 Å². The number of hydrogen-bond acceptors (Lipinski definition) is 4. The SMILES string of the molecule is CS(=O)(=O)Cc1nc2cc(CN)ccc2n1C1CC1. The third-order valence-electron chi connectivity index (χ3n) is 3.37. The molecule has 0 radical (unpaired) electrons. The molecule has 1 aromatic carbocycles. The van der Waals surface area contributed by atoms with Gasteiger partial charge in [0.2, 0.25) is 0 Å². The van der Waals surface area contributed by atoms with Crippen molar-refractivity contribution >= 4 is 20.9 Å². The average molecular weight is 279 g/mol. The lowest BCUT2D eigenvalue weighted by molar-refractivity contribution is 0.597. The second-order valence-electron chi connectivity index (χ2n) is 5.23. The van der Waals surface area contributed by atoms with Crippen LogP contribution in [0.15, 0.2) is 18.2 Å². The summed E-state index contributed by atoms with van der Waals surface area (Å²) in [5, 5.41) is 0. The van der Waals surface area contributed by atoms with Crippen molar-refractivity contribution in [2.24, 2.45) is 5.73 Å². The number of rotatable bonds is 4. The normalized spacial score (nSPS) is 16.1. The van der Waals surface area contributed by atoms with Gasteiger partial charge in [-0.1, -0.05) is 6.07 Å². The zero-order chi connectivity index (χ0) is 13.6. The first-order chi connectivity index (χ1) is 8.98. The van der Waals surface area contributed by atoms with Gasteiger partial charge >= 0.3 is 0 Å². The highest BCUT2D eigenvalue weighted by Crippen LogP contribution is 2.39. The van der Waals surface area contributed by atoms with E-state index in [0.29, 0.717) is 18.4 Å². The largest absolute Gasteiger partial charge is 0.326 e. The van der Waals surface area contributed by atoms with Crippen LogP contribution in [0.3, 0.4) is 0 Å². The average Bonchev–Trinajstić information content (AvgIpc) is 3.09. The molecule has 1 aliphatic rings. The predicted octanol–water partition coefficient (Wildman–Crippen LogP) is 1.37. The van der Waals surface area contributed by atoms with Crippen LogP contribution in [0.25, 0.3) is 11.0 Å². The Morgan fingerprint density at radius 3 is 2.74 bits per heavy atom. The highest BCUT2D eigenvalue weighted by molar-refractivity contribution is 7.89. The van der Waals surface area contributed by atoms with E-state index in [-0.39, 0.29) is 5.75 Å². The standard InChI is InChI=1S/C13H17N3O2S/c1-19(17,18)8-13-15-11-6-9(7-14)2-5-12(11)16(13)10-3-4-10/h2,5-6,10H,3-4,7-8,14H2,1H3. The maximum absolute atomic E-state index is 11.5. The fourth-order valence-electron chi connectivity index (χ4n) is 2.40. The van der Waals surface area contributed by atoms with Gasteiger partial charge < -0.3 is 10.3 Å².